The summed E-state index contributed by atoms with van der Waals surface area (Å²) >= 11 is 12.2. The molecular formula is C15H22Cl2N2. The van der Waals surface area contributed by atoms with Crippen LogP contribution in [-0.2, 0) is 0 Å². The number of hydrogen-bond donors (Lipinski definition) is 1. The van der Waals surface area contributed by atoms with Gasteiger partial charge in [0.25, 0.3) is 0 Å². The van der Waals surface area contributed by atoms with Gasteiger partial charge in [-0.05, 0) is 57.0 Å². The molecule has 0 bridgehead atoms. The van der Waals surface area contributed by atoms with Crippen molar-refractivity contribution >= 4 is 28.9 Å². The minimum atomic E-state index is 0.498. The number of likely N-dealkylation sites (tertiary alicyclic amines) is 1. The van der Waals surface area contributed by atoms with Gasteiger partial charge in [0.2, 0.25) is 0 Å². The zero-order chi connectivity index (χ0) is 13.7. The molecule has 1 saturated heterocycles. The summed E-state index contributed by atoms with van der Waals surface area (Å²) in [6, 6.07) is 6.09. The summed E-state index contributed by atoms with van der Waals surface area (Å²) < 4.78 is 0. The summed E-state index contributed by atoms with van der Waals surface area (Å²) in [5, 5.41) is 5.03. The topological polar surface area (TPSA) is 15.3 Å². The van der Waals surface area contributed by atoms with Crippen molar-refractivity contribution in [1.82, 2.24) is 4.90 Å². The molecule has 1 atom stereocenters. The third-order valence-corrected chi connectivity index (χ3v) is 4.21. The zero-order valence-electron chi connectivity index (χ0n) is 11.5. The number of nitrogens with zero attached hydrogens (tertiary/aromatic N) is 1. The third-order valence-electron chi connectivity index (χ3n) is 3.65. The Morgan fingerprint density at radius 3 is 2.89 bits per heavy atom. The van der Waals surface area contributed by atoms with Crippen LogP contribution in [0.2, 0.25) is 10.0 Å². The number of nitrogens with one attached hydrogen (secondary N) is 1. The second kappa shape index (κ2) is 7.37. The lowest BCUT2D eigenvalue weighted by molar-refractivity contribution is 0.285. The molecular weight excluding hydrogens is 279 g/mol. The van der Waals surface area contributed by atoms with Crippen LogP contribution in [0.3, 0.4) is 0 Å². The quantitative estimate of drug-likeness (QED) is 0.869. The number of benzene rings is 1. The minimum Gasteiger partial charge on any atom is -0.381 e. The van der Waals surface area contributed by atoms with Gasteiger partial charge in [-0.25, -0.2) is 0 Å². The second-order valence-corrected chi connectivity index (χ2v) is 6.08. The molecule has 1 aromatic rings. The molecule has 0 saturated carbocycles. The molecule has 0 spiro atoms. The fraction of sp³-hybridized carbons (Fsp3) is 0.600. The summed E-state index contributed by atoms with van der Waals surface area (Å²) in [7, 11) is 0. The molecule has 19 heavy (non-hydrogen) atoms. The van der Waals surface area contributed by atoms with Gasteiger partial charge in [-0.15, -0.1) is 0 Å². The smallest absolute Gasteiger partial charge is 0.0638 e. The SMILES string of the molecule is CCCN1CCCC(Nc2cc(Cl)ccc2Cl)CC1. The Balaban J connectivity index is 1.94. The van der Waals surface area contributed by atoms with E-state index in [4.69, 9.17) is 23.2 Å². The Morgan fingerprint density at radius 2 is 2.11 bits per heavy atom. The second-order valence-electron chi connectivity index (χ2n) is 5.24. The van der Waals surface area contributed by atoms with Gasteiger partial charge in [0.05, 0.1) is 10.7 Å². The van der Waals surface area contributed by atoms with Crippen LogP contribution in [-0.4, -0.2) is 30.6 Å². The van der Waals surface area contributed by atoms with Crippen molar-refractivity contribution in [2.75, 3.05) is 25.0 Å². The summed E-state index contributed by atoms with van der Waals surface area (Å²) in [6.45, 7) is 5.84. The van der Waals surface area contributed by atoms with Crippen LogP contribution in [0.15, 0.2) is 18.2 Å². The van der Waals surface area contributed by atoms with E-state index < -0.39 is 0 Å². The molecule has 2 nitrogen and oxygen atoms in total. The van der Waals surface area contributed by atoms with Crippen molar-refractivity contribution in [3.05, 3.63) is 28.2 Å². The van der Waals surface area contributed by atoms with Crippen molar-refractivity contribution in [1.29, 1.82) is 0 Å². The molecule has 2 rings (SSSR count). The third kappa shape index (κ3) is 4.55. The Morgan fingerprint density at radius 1 is 1.26 bits per heavy atom. The van der Waals surface area contributed by atoms with Crippen molar-refractivity contribution in [2.24, 2.45) is 0 Å². The van der Waals surface area contributed by atoms with E-state index in [0.717, 1.165) is 15.7 Å². The normalized spacial score (nSPS) is 21.1. The lowest BCUT2D eigenvalue weighted by atomic mass is 10.1. The molecule has 0 aliphatic carbocycles. The zero-order valence-corrected chi connectivity index (χ0v) is 13.0. The summed E-state index contributed by atoms with van der Waals surface area (Å²) in [5.41, 5.74) is 0.961. The summed E-state index contributed by atoms with van der Waals surface area (Å²) in [6.07, 6.45) is 4.85. The first-order chi connectivity index (χ1) is 9.19. The maximum Gasteiger partial charge on any atom is 0.0638 e. The molecule has 1 aliphatic heterocycles. The van der Waals surface area contributed by atoms with E-state index >= 15 is 0 Å². The first-order valence-electron chi connectivity index (χ1n) is 7.13. The van der Waals surface area contributed by atoms with Crippen LogP contribution in [0.25, 0.3) is 0 Å². The molecule has 1 aromatic carbocycles. The first-order valence-corrected chi connectivity index (χ1v) is 7.88. The fourth-order valence-electron chi connectivity index (χ4n) is 2.67. The highest BCUT2D eigenvalue weighted by Crippen LogP contribution is 2.27. The standard InChI is InChI=1S/C15H22Cl2N2/c1-2-8-19-9-3-4-13(7-10-19)18-15-11-12(16)5-6-14(15)17/h5-6,11,13,18H,2-4,7-10H2,1H3. The maximum absolute atomic E-state index is 6.20. The average Bonchev–Trinajstić information content (AvgIpc) is 2.60. The summed E-state index contributed by atoms with van der Waals surface area (Å²) in [5.74, 6) is 0. The van der Waals surface area contributed by atoms with Gasteiger partial charge in [-0.3, -0.25) is 0 Å². The van der Waals surface area contributed by atoms with E-state index in [1.165, 1.54) is 45.3 Å². The van der Waals surface area contributed by atoms with Crippen molar-refractivity contribution in [3.8, 4) is 0 Å². The van der Waals surface area contributed by atoms with Crippen molar-refractivity contribution < 1.29 is 0 Å². The Bertz CT molecular complexity index is 409. The molecule has 0 amide bonds. The van der Waals surface area contributed by atoms with E-state index in [1.807, 2.05) is 18.2 Å². The van der Waals surface area contributed by atoms with Gasteiger partial charge in [-0.2, -0.15) is 0 Å². The van der Waals surface area contributed by atoms with Crippen LogP contribution in [0.4, 0.5) is 5.69 Å². The highest BCUT2D eigenvalue weighted by molar-refractivity contribution is 6.35. The Labute approximate surface area is 126 Å². The molecule has 1 N–H and O–H groups in total. The predicted molar refractivity (Wildman–Crippen MR) is 84.5 cm³/mol. The number of hydrogen-bond acceptors (Lipinski definition) is 2. The predicted octanol–water partition coefficient (Wildman–Crippen LogP) is 4.67. The minimum absolute atomic E-state index is 0.498. The molecule has 106 valence electrons. The highest BCUT2D eigenvalue weighted by Gasteiger charge is 2.17. The van der Waals surface area contributed by atoms with Crippen molar-refractivity contribution in [3.63, 3.8) is 0 Å². The van der Waals surface area contributed by atoms with Crippen LogP contribution in [0, 0.1) is 0 Å². The molecule has 1 unspecified atom stereocenters. The monoisotopic (exact) mass is 300 g/mol. The van der Waals surface area contributed by atoms with Crippen molar-refractivity contribution in [2.45, 2.75) is 38.6 Å². The van der Waals surface area contributed by atoms with E-state index in [1.54, 1.807) is 0 Å². The molecule has 4 heteroatoms. The average molecular weight is 301 g/mol. The number of rotatable bonds is 4. The van der Waals surface area contributed by atoms with E-state index in [0.29, 0.717) is 6.04 Å². The van der Waals surface area contributed by atoms with E-state index in [2.05, 4.69) is 17.1 Å². The van der Waals surface area contributed by atoms with Crippen LogP contribution in [0.1, 0.15) is 32.6 Å². The first kappa shape index (κ1) is 15.0. The fourth-order valence-corrected chi connectivity index (χ4v) is 3.01. The van der Waals surface area contributed by atoms with Crippen LogP contribution >= 0.6 is 23.2 Å². The lowest BCUT2D eigenvalue weighted by Crippen LogP contribution is -2.27. The molecule has 1 fully saturated rings. The molecule has 1 heterocycles. The Kier molecular flexibility index (Phi) is 5.80. The van der Waals surface area contributed by atoms with Crippen LogP contribution < -0.4 is 5.32 Å². The van der Waals surface area contributed by atoms with Gasteiger partial charge < -0.3 is 10.2 Å². The molecule has 0 aromatic heterocycles. The lowest BCUT2D eigenvalue weighted by Gasteiger charge is -2.20. The van der Waals surface area contributed by atoms with Gasteiger partial charge >= 0.3 is 0 Å². The van der Waals surface area contributed by atoms with E-state index in [9.17, 15) is 0 Å². The summed E-state index contributed by atoms with van der Waals surface area (Å²) in [4.78, 5) is 2.56. The van der Waals surface area contributed by atoms with Crippen LogP contribution in [0.5, 0.6) is 0 Å². The number of anilines is 1. The maximum atomic E-state index is 6.20. The molecule has 0 radical (unpaired) electrons. The van der Waals surface area contributed by atoms with Gasteiger partial charge in [0, 0.05) is 17.6 Å². The van der Waals surface area contributed by atoms with Gasteiger partial charge in [-0.1, -0.05) is 30.1 Å². The highest BCUT2D eigenvalue weighted by atomic mass is 35.5. The Hall–Kier alpha value is -0.440. The number of halogens is 2. The van der Waals surface area contributed by atoms with Gasteiger partial charge in [0.15, 0.2) is 0 Å². The van der Waals surface area contributed by atoms with E-state index in [-0.39, 0.29) is 0 Å². The largest absolute Gasteiger partial charge is 0.381 e. The van der Waals surface area contributed by atoms with Gasteiger partial charge in [0.1, 0.15) is 0 Å². The molecule has 1 aliphatic rings.